The maximum absolute atomic E-state index is 11.8. The molecule has 112 valence electrons. The zero-order chi connectivity index (χ0) is 15.3. The van der Waals surface area contributed by atoms with Gasteiger partial charge in [0.05, 0.1) is 12.6 Å². The number of nitrogens with zero attached hydrogens (tertiary/aromatic N) is 1. The van der Waals surface area contributed by atoms with Crippen LogP contribution in [0.4, 0.5) is 0 Å². The summed E-state index contributed by atoms with van der Waals surface area (Å²) in [7, 11) is 1.83. The molecular weight excluding hydrogens is 264 g/mol. The molecule has 7 heteroatoms. The van der Waals surface area contributed by atoms with Gasteiger partial charge >= 0.3 is 5.97 Å². The van der Waals surface area contributed by atoms with Crippen LogP contribution < -0.4 is 5.32 Å². The number of amides is 1. The zero-order valence-electron chi connectivity index (χ0n) is 11.8. The smallest absolute Gasteiger partial charge is 0.325 e. The van der Waals surface area contributed by atoms with Gasteiger partial charge < -0.3 is 19.9 Å². The first kappa shape index (κ1) is 16.2. The predicted molar refractivity (Wildman–Crippen MR) is 71.4 cm³/mol. The summed E-state index contributed by atoms with van der Waals surface area (Å²) in [4.78, 5) is 24.3. The first-order valence-electron chi connectivity index (χ1n) is 6.31. The van der Waals surface area contributed by atoms with Crippen LogP contribution in [0.2, 0.25) is 0 Å². The number of aliphatic carboxylic acids is 1. The maximum atomic E-state index is 11.8. The Morgan fingerprint density at radius 2 is 2.05 bits per heavy atom. The summed E-state index contributed by atoms with van der Waals surface area (Å²) in [5, 5.41) is 19.9. The minimum absolute atomic E-state index is 0.0328. The maximum Gasteiger partial charge on any atom is 0.325 e. The lowest BCUT2D eigenvalue weighted by molar-refractivity contribution is -0.138. The molecule has 2 atom stereocenters. The minimum atomic E-state index is -1.11. The molecule has 0 aromatic carbocycles. The molecule has 20 heavy (non-hydrogen) atoms. The van der Waals surface area contributed by atoms with E-state index < -0.39 is 17.9 Å². The lowest BCUT2D eigenvalue weighted by Crippen LogP contribution is -2.38. The summed E-state index contributed by atoms with van der Waals surface area (Å²) in [5.74, 6) is -1.03. The van der Waals surface area contributed by atoms with Crippen LogP contribution in [0, 0.1) is 0 Å². The molecule has 0 aliphatic heterocycles. The predicted octanol–water partition coefficient (Wildman–Crippen LogP) is 0.468. The van der Waals surface area contributed by atoms with E-state index in [9.17, 15) is 9.59 Å². The molecular formula is C13H20N2O5. The van der Waals surface area contributed by atoms with Crippen molar-refractivity contribution in [2.45, 2.75) is 25.9 Å². The van der Waals surface area contributed by atoms with Crippen molar-refractivity contribution in [1.29, 1.82) is 0 Å². The van der Waals surface area contributed by atoms with Crippen LogP contribution in [0.5, 0.6) is 0 Å². The Kier molecular flexibility index (Phi) is 5.72. The Morgan fingerprint density at radius 1 is 1.40 bits per heavy atom. The summed E-state index contributed by atoms with van der Waals surface area (Å²) in [6.07, 6.45) is 0. The van der Waals surface area contributed by atoms with Crippen LogP contribution in [0.15, 0.2) is 16.5 Å². The highest BCUT2D eigenvalue weighted by Gasteiger charge is 2.20. The van der Waals surface area contributed by atoms with Gasteiger partial charge in [0.2, 0.25) is 0 Å². The SMILES string of the molecule is CC(NC(=O)c1ccc(C(C)N(C)CCO)o1)C(=O)O. The van der Waals surface area contributed by atoms with E-state index >= 15 is 0 Å². The van der Waals surface area contributed by atoms with Gasteiger partial charge in [-0.1, -0.05) is 0 Å². The number of carbonyl (C=O) groups excluding carboxylic acids is 1. The molecule has 0 spiro atoms. The van der Waals surface area contributed by atoms with Crippen LogP contribution in [0.25, 0.3) is 0 Å². The van der Waals surface area contributed by atoms with Gasteiger partial charge in [-0.15, -0.1) is 0 Å². The molecule has 1 aromatic heterocycles. The number of hydrogen-bond acceptors (Lipinski definition) is 5. The van der Waals surface area contributed by atoms with Crippen LogP contribution >= 0.6 is 0 Å². The second kappa shape index (κ2) is 7.06. The summed E-state index contributed by atoms with van der Waals surface area (Å²) >= 11 is 0. The molecule has 0 radical (unpaired) electrons. The molecule has 0 bridgehead atoms. The Hall–Kier alpha value is -1.86. The normalized spacial score (nSPS) is 14.1. The third-order valence-electron chi connectivity index (χ3n) is 3.09. The molecule has 1 heterocycles. The number of furan rings is 1. The minimum Gasteiger partial charge on any atom is -0.480 e. The van der Waals surface area contributed by atoms with Crippen molar-refractivity contribution in [2.24, 2.45) is 0 Å². The van der Waals surface area contributed by atoms with Crippen molar-refractivity contribution in [3.05, 3.63) is 23.7 Å². The number of nitrogens with one attached hydrogen (secondary N) is 1. The van der Waals surface area contributed by atoms with Crippen molar-refractivity contribution in [3.63, 3.8) is 0 Å². The van der Waals surface area contributed by atoms with Crippen molar-refractivity contribution in [2.75, 3.05) is 20.2 Å². The molecule has 0 fully saturated rings. The van der Waals surface area contributed by atoms with E-state index in [2.05, 4.69) is 5.32 Å². The van der Waals surface area contributed by atoms with E-state index in [1.807, 2.05) is 18.9 Å². The third-order valence-corrected chi connectivity index (χ3v) is 3.09. The molecule has 0 saturated heterocycles. The van der Waals surface area contributed by atoms with Crippen LogP contribution in [0.3, 0.4) is 0 Å². The number of rotatable bonds is 7. The van der Waals surface area contributed by atoms with E-state index in [1.54, 1.807) is 6.07 Å². The number of carbonyl (C=O) groups is 2. The van der Waals surface area contributed by atoms with Crippen molar-refractivity contribution < 1.29 is 24.2 Å². The molecule has 1 amide bonds. The monoisotopic (exact) mass is 284 g/mol. The third kappa shape index (κ3) is 4.07. The fraction of sp³-hybridized carbons (Fsp3) is 0.538. The fourth-order valence-corrected chi connectivity index (χ4v) is 1.60. The van der Waals surface area contributed by atoms with E-state index in [1.165, 1.54) is 13.0 Å². The Balaban J connectivity index is 2.71. The number of hydrogen-bond donors (Lipinski definition) is 3. The second-order valence-corrected chi connectivity index (χ2v) is 4.62. The molecule has 0 aliphatic rings. The quantitative estimate of drug-likeness (QED) is 0.672. The Morgan fingerprint density at radius 3 is 2.60 bits per heavy atom. The van der Waals surface area contributed by atoms with Crippen LogP contribution in [-0.4, -0.2) is 53.2 Å². The van der Waals surface area contributed by atoms with Gasteiger partial charge in [-0.3, -0.25) is 14.5 Å². The van der Waals surface area contributed by atoms with Gasteiger partial charge in [-0.05, 0) is 33.0 Å². The summed E-state index contributed by atoms with van der Waals surface area (Å²) < 4.78 is 5.43. The fourth-order valence-electron chi connectivity index (χ4n) is 1.60. The summed E-state index contributed by atoms with van der Waals surface area (Å²) in [6, 6.07) is 2.09. The summed E-state index contributed by atoms with van der Waals surface area (Å²) in [6.45, 7) is 3.78. The van der Waals surface area contributed by atoms with Gasteiger partial charge in [0.15, 0.2) is 5.76 Å². The highest BCUT2D eigenvalue weighted by Crippen LogP contribution is 2.21. The topological polar surface area (TPSA) is 103 Å². The van der Waals surface area contributed by atoms with Gasteiger partial charge in [-0.2, -0.15) is 0 Å². The lowest BCUT2D eigenvalue weighted by atomic mass is 10.2. The number of aliphatic hydroxyl groups is 1. The lowest BCUT2D eigenvalue weighted by Gasteiger charge is -2.21. The van der Waals surface area contributed by atoms with Crippen LogP contribution in [0.1, 0.15) is 36.2 Å². The van der Waals surface area contributed by atoms with Gasteiger partial charge in [0.1, 0.15) is 11.8 Å². The van der Waals surface area contributed by atoms with Crippen molar-refractivity contribution >= 4 is 11.9 Å². The largest absolute Gasteiger partial charge is 0.480 e. The standard InChI is InChI=1S/C13H20N2O5/c1-8(13(18)19)14-12(17)11-5-4-10(20-11)9(2)15(3)6-7-16/h4-5,8-9,16H,6-7H2,1-3H3,(H,14,17)(H,18,19). The van der Waals surface area contributed by atoms with Crippen LogP contribution in [-0.2, 0) is 4.79 Å². The van der Waals surface area contributed by atoms with E-state index in [0.717, 1.165) is 0 Å². The van der Waals surface area contributed by atoms with E-state index in [-0.39, 0.29) is 18.4 Å². The molecule has 1 rings (SSSR count). The Bertz CT molecular complexity index is 471. The van der Waals surface area contributed by atoms with E-state index in [4.69, 9.17) is 14.6 Å². The van der Waals surface area contributed by atoms with Crippen molar-refractivity contribution in [1.82, 2.24) is 10.2 Å². The average molecular weight is 284 g/mol. The van der Waals surface area contributed by atoms with Crippen molar-refractivity contribution in [3.8, 4) is 0 Å². The number of aliphatic hydroxyl groups excluding tert-OH is 1. The molecule has 2 unspecified atom stereocenters. The highest BCUT2D eigenvalue weighted by atomic mass is 16.4. The second-order valence-electron chi connectivity index (χ2n) is 4.62. The summed E-state index contributed by atoms with van der Waals surface area (Å²) in [5.41, 5.74) is 0. The molecule has 7 nitrogen and oxygen atoms in total. The zero-order valence-corrected chi connectivity index (χ0v) is 11.8. The molecule has 1 aromatic rings. The molecule has 0 saturated carbocycles. The molecule has 0 aliphatic carbocycles. The highest BCUT2D eigenvalue weighted by molar-refractivity contribution is 5.94. The number of likely N-dealkylation sites (N-methyl/N-ethyl adjacent to an activating group) is 1. The first-order chi connectivity index (χ1) is 9.36. The first-order valence-corrected chi connectivity index (χ1v) is 6.31. The Labute approximate surface area is 117 Å². The molecule has 3 N–H and O–H groups in total. The van der Waals surface area contributed by atoms with Gasteiger partial charge in [0.25, 0.3) is 5.91 Å². The number of carboxylic acid groups (broad SMARTS) is 1. The van der Waals surface area contributed by atoms with E-state index in [0.29, 0.717) is 12.3 Å². The number of carboxylic acids is 1. The van der Waals surface area contributed by atoms with Gasteiger partial charge in [0, 0.05) is 6.54 Å². The van der Waals surface area contributed by atoms with Gasteiger partial charge in [-0.25, -0.2) is 0 Å². The average Bonchev–Trinajstić information content (AvgIpc) is 2.87.